The first-order valence-electron chi connectivity index (χ1n) is 16.1. The van der Waals surface area contributed by atoms with Gasteiger partial charge in [0.15, 0.2) is 0 Å². The molecule has 3 N–H and O–H groups in total. The van der Waals surface area contributed by atoms with E-state index in [4.69, 9.17) is 0 Å². The number of aryl methyl sites for hydroxylation is 1. The lowest BCUT2D eigenvalue weighted by Gasteiger charge is -2.37. The summed E-state index contributed by atoms with van der Waals surface area (Å²) < 4.78 is 17.0. The number of nitrogens with one attached hydrogen (secondary N) is 3. The van der Waals surface area contributed by atoms with Crippen LogP contribution in [0.4, 0.5) is 10.1 Å². The molecule has 0 unspecified atom stereocenters. The fourth-order valence-electron chi connectivity index (χ4n) is 6.12. The molecule has 2 atom stereocenters. The number of carbonyl (C=O) groups is 4. The molecule has 1 aliphatic carbocycles. The fraction of sp³-hybridized carbons (Fsp3) is 0.606. The number of halogens is 1. The van der Waals surface area contributed by atoms with Crippen molar-refractivity contribution in [2.45, 2.75) is 84.8 Å². The number of aromatic nitrogens is 2. The number of likely N-dealkylation sites (N-methyl/N-ethyl adjacent to an activating group) is 1. The van der Waals surface area contributed by atoms with E-state index in [9.17, 15) is 19.2 Å². The van der Waals surface area contributed by atoms with E-state index in [2.05, 4.69) is 39.8 Å². The standard InChI is InChI=1S/C33H48FN7O4/c1-6-28(42)36-26(32(45)40-18-16-39(5)17-19-40)21-22-8-9-25(24(34)20-22)37-31(44)29(23-10-13-33(3,4)14-11-23)38-30(43)27-12-15-35-41(27)7-2/h8-9,12,15,20,23,26,29H,6-7,10-11,13-14,16-19,21H2,1-5H3,(H,36,42)(H,37,44)(H,38,43)/t26-,29+/m1/s1. The number of nitrogens with zero attached hydrogens (tertiary/aromatic N) is 4. The molecule has 1 saturated carbocycles. The van der Waals surface area contributed by atoms with Crippen molar-refractivity contribution in [3.8, 4) is 0 Å². The van der Waals surface area contributed by atoms with Gasteiger partial charge in [0.1, 0.15) is 23.6 Å². The second-order valence-electron chi connectivity index (χ2n) is 13.1. The molecule has 12 heteroatoms. The molecular weight excluding hydrogens is 577 g/mol. The first-order chi connectivity index (χ1) is 21.4. The molecule has 2 heterocycles. The number of hydrogen-bond acceptors (Lipinski definition) is 6. The van der Waals surface area contributed by atoms with Gasteiger partial charge in [0.2, 0.25) is 17.7 Å². The van der Waals surface area contributed by atoms with Gasteiger partial charge < -0.3 is 25.8 Å². The zero-order chi connectivity index (χ0) is 32.7. The highest BCUT2D eigenvalue weighted by Crippen LogP contribution is 2.39. The van der Waals surface area contributed by atoms with Gasteiger partial charge in [0.05, 0.1) is 5.69 Å². The third-order valence-electron chi connectivity index (χ3n) is 9.17. The molecule has 0 radical (unpaired) electrons. The summed E-state index contributed by atoms with van der Waals surface area (Å²) in [6, 6.07) is 4.33. The average molecular weight is 626 g/mol. The molecule has 2 fully saturated rings. The van der Waals surface area contributed by atoms with Gasteiger partial charge in [-0.05, 0) is 74.8 Å². The van der Waals surface area contributed by atoms with Crippen molar-refractivity contribution in [3.05, 3.63) is 47.5 Å². The summed E-state index contributed by atoms with van der Waals surface area (Å²) in [5.74, 6) is -2.10. The summed E-state index contributed by atoms with van der Waals surface area (Å²) in [5.41, 5.74) is 1.02. The number of anilines is 1. The zero-order valence-electron chi connectivity index (χ0n) is 27.2. The van der Waals surface area contributed by atoms with Gasteiger partial charge in [-0.2, -0.15) is 5.10 Å². The van der Waals surface area contributed by atoms with Gasteiger partial charge in [-0.3, -0.25) is 23.9 Å². The number of amides is 4. The minimum absolute atomic E-state index is 0.0164. The molecule has 1 saturated heterocycles. The van der Waals surface area contributed by atoms with Crippen LogP contribution in [-0.4, -0.2) is 88.5 Å². The van der Waals surface area contributed by atoms with Gasteiger partial charge in [0.25, 0.3) is 5.91 Å². The van der Waals surface area contributed by atoms with Crippen molar-refractivity contribution >= 4 is 29.3 Å². The van der Waals surface area contributed by atoms with Crippen LogP contribution in [-0.2, 0) is 27.3 Å². The molecule has 11 nitrogen and oxygen atoms in total. The lowest BCUT2D eigenvalue weighted by atomic mass is 9.71. The number of rotatable bonds is 11. The predicted molar refractivity (Wildman–Crippen MR) is 170 cm³/mol. The van der Waals surface area contributed by atoms with Gasteiger partial charge in [0, 0.05) is 51.8 Å². The monoisotopic (exact) mass is 625 g/mol. The summed E-state index contributed by atoms with van der Waals surface area (Å²) in [7, 11) is 2.00. The number of carbonyl (C=O) groups excluding carboxylic acids is 4. The highest BCUT2D eigenvalue weighted by Gasteiger charge is 2.36. The Hall–Kier alpha value is -3.80. The molecule has 2 aliphatic rings. The maximum absolute atomic E-state index is 15.5. The van der Waals surface area contributed by atoms with Crippen LogP contribution in [0.3, 0.4) is 0 Å². The maximum Gasteiger partial charge on any atom is 0.270 e. The van der Waals surface area contributed by atoms with Crippen molar-refractivity contribution in [1.29, 1.82) is 0 Å². The van der Waals surface area contributed by atoms with E-state index < -0.39 is 29.7 Å². The Bertz CT molecular complexity index is 1360. The molecule has 1 aromatic carbocycles. The summed E-state index contributed by atoms with van der Waals surface area (Å²) in [5, 5.41) is 12.6. The van der Waals surface area contributed by atoms with E-state index >= 15 is 4.39 Å². The quantitative estimate of drug-likeness (QED) is 0.352. The highest BCUT2D eigenvalue weighted by atomic mass is 19.1. The van der Waals surface area contributed by atoms with Crippen LogP contribution in [0.15, 0.2) is 30.5 Å². The Labute approximate surface area is 265 Å². The van der Waals surface area contributed by atoms with Crippen molar-refractivity contribution in [2.24, 2.45) is 11.3 Å². The number of piperazine rings is 1. The van der Waals surface area contributed by atoms with E-state index in [1.54, 1.807) is 34.8 Å². The van der Waals surface area contributed by atoms with Crippen LogP contribution in [0.25, 0.3) is 0 Å². The molecule has 45 heavy (non-hydrogen) atoms. The van der Waals surface area contributed by atoms with Crippen molar-refractivity contribution < 1.29 is 23.6 Å². The van der Waals surface area contributed by atoms with Crippen LogP contribution in [0.5, 0.6) is 0 Å². The topological polar surface area (TPSA) is 129 Å². The molecule has 0 bridgehead atoms. The van der Waals surface area contributed by atoms with Crippen LogP contribution >= 0.6 is 0 Å². The molecule has 4 amide bonds. The Balaban J connectivity index is 1.49. The Morgan fingerprint density at radius 1 is 1.02 bits per heavy atom. The summed E-state index contributed by atoms with van der Waals surface area (Å²) in [4.78, 5) is 56.4. The van der Waals surface area contributed by atoms with E-state index in [-0.39, 0.29) is 41.7 Å². The van der Waals surface area contributed by atoms with Crippen LogP contribution in [0, 0.1) is 17.2 Å². The van der Waals surface area contributed by atoms with Gasteiger partial charge in [-0.25, -0.2) is 4.39 Å². The first-order valence-corrected chi connectivity index (χ1v) is 16.1. The Morgan fingerprint density at radius 3 is 2.33 bits per heavy atom. The lowest BCUT2D eigenvalue weighted by molar-refractivity contribution is -0.137. The third kappa shape index (κ3) is 8.90. The van der Waals surface area contributed by atoms with E-state index in [1.807, 2.05) is 14.0 Å². The van der Waals surface area contributed by atoms with Crippen molar-refractivity contribution in [2.75, 3.05) is 38.5 Å². The Kier molecular flexibility index (Phi) is 11.4. The molecule has 2 aromatic rings. The second kappa shape index (κ2) is 15.0. The van der Waals surface area contributed by atoms with Crippen LogP contribution in [0.2, 0.25) is 0 Å². The highest BCUT2D eigenvalue weighted by molar-refractivity contribution is 6.00. The smallest absolute Gasteiger partial charge is 0.270 e. The summed E-state index contributed by atoms with van der Waals surface area (Å²) in [6.07, 6.45) is 5.22. The maximum atomic E-state index is 15.5. The van der Waals surface area contributed by atoms with Gasteiger partial charge in [-0.15, -0.1) is 0 Å². The molecule has 1 aromatic heterocycles. The van der Waals surface area contributed by atoms with E-state index in [0.717, 1.165) is 38.8 Å². The van der Waals surface area contributed by atoms with Crippen LogP contribution < -0.4 is 16.0 Å². The predicted octanol–water partition coefficient (Wildman–Crippen LogP) is 3.21. The lowest BCUT2D eigenvalue weighted by Crippen LogP contribution is -2.54. The van der Waals surface area contributed by atoms with Crippen LogP contribution in [0.1, 0.15) is 75.9 Å². The zero-order valence-corrected chi connectivity index (χ0v) is 27.2. The van der Waals surface area contributed by atoms with E-state index in [0.29, 0.717) is 30.9 Å². The minimum Gasteiger partial charge on any atom is -0.344 e. The van der Waals surface area contributed by atoms with Crippen molar-refractivity contribution in [1.82, 2.24) is 30.2 Å². The largest absolute Gasteiger partial charge is 0.344 e. The second-order valence-corrected chi connectivity index (χ2v) is 13.1. The molecule has 0 spiro atoms. The normalized spacial score (nSPS) is 18.6. The average Bonchev–Trinajstić information content (AvgIpc) is 3.50. The molecule has 246 valence electrons. The minimum atomic E-state index is -0.859. The Morgan fingerprint density at radius 2 is 1.71 bits per heavy atom. The van der Waals surface area contributed by atoms with Crippen molar-refractivity contribution in [3.63, 3.8) is 0 Å². The van der Waals surface area contributed by atoms with E-state index in [1.165, 1.54) is 12.1 Å². The van der Waals surface area contributed by atoms with Gasteiger partial charge in [-0.1, -0.05) is 26.8 Å². The third-order valence-corrected chi connectivity index (χ3v) is 9.17. The number of benzene rings is 1. The van der Waals surface area contributed by atoms with Gasteiger partial charge >= 0.3 is 0 Å². The number of hydrogen-bond donors (Lipinski definition) is 3. The first kappa shape index (κ1) is 34.1. The molecule has 4 rings (SSSR count). The summed E-state index contributed by atoms with van der Waals surface area (Å²) in [6.45, 7) is 11.1. The SMILES string of the molecule is CCC(=O)N[C@H](Cc1ccc(NC(=O)[C@@H](NC(=O)c2ccnn2CC)C2CCC(C)(C)CC2)c(F)c1)C(=O)N1CCN(C)CC1. The summed E-state index contributed by atoms with van der Waals surface area (Å²) >= 11 is 0. The fourth-order valence-corrected chi connectivity index (χ4v) is 6.12. The molecular formula is C33H48FN7O4. The molecule has 1 aliphatic heterocycles.